The standard InChI is InChI=1S/C20H22F6N2O4/c1-10(2)18(19(31)32-9-20(24,25)26)27-15(29)7-13-3-4-16(30)28(13)8-11-5-12(21)6-14(22)17(11)23/h5-6,10,13,18H,3-4,7-9H2,1-2H3,(H,27,29)/t13-,18-/m0/s1. The van der Waals surface area contributed by atoms with Gasteiger partial charge in [-0.25, -0.2) is 18.0 Å². The smallest absolute Gasteiger partial charge is 0.422 e. The summed E-state index contributed by atoms with van der Waals surface area (Å²) in [6.45, 7) is 0.711. The Bertz CT molecular complexity index is 874. The fraction of sp³-hybridized carbons (Fsp3) is 0.550. The van der Waals surface area contributed by atoms with Gasteiger partial charge < -0.3 is 15.0 Å². The van der Waals surface area contributed by atoms with Crippen LogP contribution in [0.4, 0.5) is 26.3 Å². The van der Waals surface area contributed by atoms with E-state index in [9.17, 15) is 40.7 Å². The van der Waals surface area contributed by atoms with Crippen molar-refractivity contribution >= 4 is 17.8 Å². The lowest BCUT2D eigenvalue weighted by molar-refractivity contribution is -0.188. The van der Waals surface area contributed by atoms with Gasteiger partial charge in [0.2, 0.25) is 11.8 Å². The van der Waals surface area contributed by atoms with Crippen LogP contribution in [0.15, 0.2) is 12.1 Å². The van der Waals surface area contributed by atoms with Gasteiger partial charge in [-0.2, -0.15) is 13.2 Å². The van der Waals surface area contributed by atoms with Crippen molar-refractivity contribution in [1.82, 2.24) is 10.2 Å². The van der Waals surface area contributed by atoms with Gasteiger partial charge in [0.15, 0.2) is 18.2 Å². The van der Waals surface area contributed by atoms with E-state index in [1.807, 2.05) is 0 Å². The average molecular weight is 468 g/mol. The van der Waals surface area contributed by atoms with Crippen molar-refractivity contribution in [2.45, 2.75) is 57.9 Å². The van der Waals surface area contributed by atoms with Crippen LogP contribution in [-0.4, -0.2) is 47.6 Å². The molecule has 1 aromatic rings. The normalized spacial score (nSPS) is 17.6. The molecule has 0 aliphatic carbocycles. The van der Waals surface area contributed by atoms with Crippen LogP contribution in [0.3, 0.4) is 0 Å². The highest BCUT2D eigenvalue weighted by molar-refractivity contribution is 5.86. The fourth-order valence-corrected chi connectivity index (χ4v) is 3.32. The largest absolute Gasteiger partial charge is 0.454 e. The quantitative estimate of drug-likeness (QED) is 0.361. The SMILES string of the molecule is CC(C)[C@H](NC(=O)C[C@@H]1CCC(=O)N1Cc1cc(F)cc(F)c1F)C(=O)OCC(F)(F)F. The fourth-order valence-electron chi connectivity index (χ4n) is 3.32. The molecule has 1 aliphatic heterocycles. The zero-order valence-corrected chi connectivity index (χ0v) is 17.3. The Labute approximate surface area is 179 Å². The Morgan fingerprint density at radius 2 is 1.88 bits per heavy atom. The van der Waals surface area contributed by atoms with Crippen molar-refractivity contribution in [2.24, 2.45) is 5.92 Å². The van der Waals surface area contributed by atoms with Gasteiger partial charge in [0.1, 0.15) is 11.9 Å². The first-order valence-electron chi connectivity index (χ1n) is 9.74. The Balaban J connectivity index is 2.05. The molecule has 0 aromatic heterocycles. The minimum absolute atomic E-state index is 0.0125. The first-order valence-corrected chi connectivity index (χ1v) is 9.74. The predicted octanol–water partition coefficient (Wildman–Crippen LogP) is 3.23. The van der Waals surface area contributed by atoms with Gasteiger partial charge in [-0.05, 0) is 18.4 Å². The number of carbonyl (C=O) groups is 3. The lowest BCUT2D eigenvalue weighted by Crippen LogP contribution is -2.47. The number of likely N-dealkylation sites (tertiary alicyclic amines) is 1. The number of halogens is 6. The second kappa shape index (κ2) is 10.2. The van der Waals surface area contributed by atoms with Crippen LogP contribution in [0.25, 0.3) is 0 Å². The monoisotopic (exact) mass is 468 g/mol. The van der Waals surface area contributed by atoms with Crippen molar-refractivity contribution in [1.29, 1.82) is 0 Å². The molecule has 2 atom stereocenters. The maximum absolute atomic E-state index is 14.0. The van der Waals surface area contributed by atoms with Crippen molar-refractivity contribution < 1.29 is 45.5 Å². The zero-order chi connectivity index (χ0) is 24.2. The number of esters is 1. The van der Waals surface area contributed by atoms with Gasteiger partial charge in [0.25, 0.3) is 0 Å². The molecular formula is C20H22F6N2O4. The molecule has 0 bridgehead atoms. The van der Waals surface area contributed by atoms with Gasteiger partial charge in [-0.1, -0.05) is 13.8 Å². The van der Waals surface area contributed by atoms with Crippen molar-refractivity contribution in [2.75, 3.05) is 6.61 Å². The Morgan fingerprint density at radius 1 is 1.22 bits per heavy atom. The molecule has 2 rings (SSSR count). The van der Waals surface area contributed by atoms with E-state index >= 15 is 0 Å². The molecule has 1 aliphatic rings. The summed E-state index contributed by atoms with van der Waals surface area (Å²) in [4.78, 5) is 37.6. The molecule has 6 nitrogen and oxygen atoms in total. The molecule has 1 saturated heterocycles. The summed E-state index contributed by atoms with van der Waals surface area (Å²) >= 11 is 0. The third-order valence-corrected chi connectivity index (χ3v) is 4.90. The lowest BCUT2D eigenvalue weighted by atomic mass is 10.0. The number of alkyl halides is 3. The summed E-state index contributed by atoms with van der Waals surface area (Å²) < 4.78 is 81.9. The second-order valence-electron chi connectivity index (χ2n) is 7.79. The van der Waals surface area contributed by atoms with E-state index in [2.05, 4.69) is 10.1 Å². The number of hydrogen-bond donors (Lipinski definition) is 1. The Kier molecular flexibility index (Phi) is 8.13. The summed E-state index contributed by atoms with van der Waals surface area (Å²) in [6, 6.07) is -1.01. The van der Waals surface area contributed by atoms with E-state index < -0.39 is 78.1 Å². The predicted molar refractivity (Wildman–Crippen MR) is 98.3 cm³/mol. The van der Waals surface area contributed by atoms with E-state index in [1.54, 1.807) is 0 Å². The third kappa shape index (κ3) is 6.86. The lowest BCUT2D eigenvalue weighted by Gasteiger charge is -2.26. The van der Waals surface area contributed by atoms with Crippen LogP contribution in [0, 0.1) is 23.4 Å². The molecule has 1 aromatic carbocycles. The number of amides is 2. The molecule has 0 unspecified atom stereocenters. The molecule has 178 valence electrons. The van der Waals surface area contributed by atoms with E-state index in [0.717, 1.165) is 11.0 Å². The molecule has 0 saturated carbocycles. The van der Waals surface area contributed by atoms with Gasteiger partial charge >= 0.3 is 12.1 Å². The van der Waals surface area contributed by atoms with Gasteiger partial charge in [-0.15, -0.1) is 0 Å². The number of nitrogens with zero attached hydrogens (tertiary/aromatic N) is 1. The van der Waals surface area contributed by atoms with E-state index in [0.29, 0.717) is 6.07 Å². The van der Waals surface area contributed by atoms with Crippen LogP contribution in [0.2, 0.25) is 0 Å². The first kappa shape index (κ1) is 25.5. The summed E-state index contributed by atoms with van der Waals surface area (Å²) in [5.74, 6) is -6.83. The van der Waals surface area contributed by atoms with E-state index in [4.69, 9.17) is 0 Å². The number of carbonyl (C=O) groups excluding carboxylic acids is 3. The van der Waals surface area contributed by atoms with Crippen LogP contribution in [-0.2, 0) is 25.7 Å². The summed E-state index contributed by atoms with van der Waals surface area (Å²) in [5, 5.41) is 2.30. The second-order valence-corrected chi connectivity index (χ2v) is 7.79. The highest BCUT2D eigenvalue weighted by atomic mass is 19.4. The zero-order valence-electron chi connectivity index (χ0n) is 17.3. The first-order chi connectivity index (χ1) is 14.8. The van der Waals surface area contributed by atoms with Crippen molar-refractivity contribution in [3.63, 3.8) is 0 Å². The maximum atomic E-state index is 14.0. The summed E-state index contributed by atoms with van der Waals surface area (Å²) in [6.07, 6.45) is -4.87. The van der Waals surface area contributed by atoms with Gasteiger partial charge in [0, 0.05) is 37.1 Å². The molecule has 0 spiro atoms. The van der Waals surface area contributed by atoms with Crippen molar-refractivity contribution in [3.8, 4) is 0 Å². The maximum Gasteiger partial charge on any atom is 0.422 e. The number of hydrogen-bond acceptors (Lipinski definition) is 4. The molecular weight excluding hydrogens is 446 g/mol. The van der Waals surface area contributed by atoms with E-state index in [-0.39, 0.29) is 19.3 Å². The topological polar surface area (TPSA) is 75.7 Å². The molecule has 12 heteroatoms. The number of ether oxygens (including phenoxy) is 1. The highest BCUT2D eigenvalue weighted by Gasteiger charge is 2.36. The Hall–Kier alpha value is -2.79. The van der Waals surface area contributed by atoms with Gasteiger partial charge in [-0.3, -0.25) is 9.59 Å². The highest BCUT2D eigenvalue weighted by Crippen LogP contribution is 2.26. The van der Waals surface area contributed by atoms with E-state index in [1.165, 1.54) is 13.8 Å². The molecule has 1 heterocycles. The minimum Gasteiger partial charge on any atom is -0.454 e. The number of nitrogens with one attached hydrogen (secondary N) is 1. The number of benzene rings is 1. The molecule has 0 radical (unpaired) electrons. The third-order valence-electron chi connectivity index (χ3n) is 4.90. The van der Waals surface area contributed by atoms with Crippen LogP contribution < -0.4 is 5.32 Å². The van der Waals surface area contributed by atoms with Gasteiger partial charge in [0.05, 0.1) is 0 Å². The average Bonchev–Trinajstić information content (AvgIpc) is 3.00. The summed E-state index contributed by atoms with van der Waals surface area (Å²) in [7, 11) is 0. The molecule has 32 heavy (non-hydrogen) atoms. The minimum atomic E-state index is -4.72. The molecule has 2 amide bonds. The van der Waals surface area contributed by atoms with Crippen LogP contribution in [0.1, 0.15) is 38.7 Å². The molecule has 1 fully saturated rings. The van der Waals surface area contributed by atoms with Crippen LogP contribution >= 0.6 is 0 Å². The van der Waals surface area contributed by atoms with Crippen molar-refractivity contribution in [3.05, 3.63) is 35.1 Å². The molecule has 1 N–H and O–H groups in total. The number of rotatable bonds is 8. The van der Waals surface area contributed by atoms with Crippen LogP contribution in [0.5, 0.6) is 0 Å². The summed E-state index contributed by atoms with van der Waals surface area (Å²) in [5.41, 5.74) is -0.404. The Morgan fingerprint density at radius 3 is 2.47 bits per heavy atom.